The van der Waals surface area contributed by atoms with Gasteiger partial charge in [0.05, 0.1) is 38.1 Å². The summed E-state index contributed by atoms with van der Waals surface area (Å²) in [5, 5.41) is 31.5. The van der Waals surface area contributed by atoms with Crippen LogP contribution in [0.1, 0.15) is 32.6 Å². The van der Waals surface area contributed by atoms with E-state index in [0.717, 1.165) is 28.5 Å². The van der Waals surface area contributed by atoms with Crippen molar-refractivity contribution in [3.63, 3.8) is 0 Å². The average molecular weight is 543 g/mol. The topological polar surface area (TPSA) is 135 Å². The Balaban J connectivity index is 1.64. The molecule has 0 saturated carbocycles. The van der Waals surface area contributed by atoms with Crippen molar-refractivity contribution in [1.82, 2.24) is 5.28 Å². The summed E-state index contributed by atoms with van der Waals surface area (Å²) in [6.07, 6.45) is 0. The Morgan fingerprint density at radius 1 is 0.892 bits per heavy atom. The first-order chi connectivity index (χ1) is 17.5. The minimum atomic E-state index is -0.813. The molecule has 2 heterocycles. The fraction of sp³-hybridized carbons (Fsp3) is 0.130. The maximum Gasteiger partial charge on any atom is 0.277 e. The molecule has 3 aromatic carbocycles. The maximum absolute atomic E-state index is 13.7. The summed E-state index contributed by atoms with van der Waals surface area (Å²) in [5.74, 6) is -0.516. The number of hydrazine groups is 2. The van der Waals surface area contributed by atoms with E-state index in [-0.39, 0.29) is 5.56 Å². The highest BCUT2D eigenvalue weighted by atomic mass is 35.5. The fourth-order valence-electron chi connectivity index (χ4n) is 4.36. The van der Waals surface area contributed by atoms with Crippen LogP contribution in [0.5, 0.6) is 0 Å². The largest absolute Gasteiger partial charge is 0.277 e. The second kappa shape index (κ2) is 8.69. The zero-order valence-electron chi connectivity index (χ0n) is 19.4. The van der Waals surface area contributed by atoms with E-state index < -0.39 is 27.1 Å². The van der Waals surface area contributed by atoms with Crippen LogP contribution in [0.2, 0.25) is 10.0 Å². The number of amidine groups is 1. The van der Waals surface area contributed by atoms with Gasteiger partial charge in [-0.1, -0.05) is 35.3 Å². The average Bonchev–Trinajstić information content (AvgIpc) is 3.44. The number of non-ortho nitro benzene ring substituents is 2. The molecule has 37 heavy (non-hydrogen) atoms. The second-order valence-corrected chi connectivity index (χ2v) is 9.05. The van der Waals surface area contributed by atoms with E-state index in [4.69, 9.17) is 28.1 Å². The van der Waals surface area contributed by atoms with Crippen LogP contribution in [0, 0.1) is 41.0 Å². The van der Waals surface area contributed by atoms with E-state index in [1.165, 1.54) is 5.01 Å². The van der Waals surface area contributed by atoms with Gasteiger partial charge in [0.25, 0.3) is 17.3 Å². The normalized spacial score (nSPS) is 14.2. The maximum atomic E-state index is 13.7. The summed E-state index contributed by atoms with van der Waals surface area (Å²) in [6, 6.07) is 9.49. The number of nitro benzene ring substituents is 2. The van der Waals surface area contributed by atoms with Gasteiger partial charge in [-0.2, -0.15) is 10.0 Å². The van der Waals surface area contributed by atoms with E-state index in [2.05, 4.69) is 5.16 Å². The lowest BCUT2D eigenvalue weighted by atomic mass is 9.98. The molecule has 5 rings (SSSR count). The summed E-state index contributed by atoms with van der Waals surface area (Å²) in [7, 11) is 0. The third kappa shape index (κ3) is 3.65. The van der Waals surface area contributed by atoms with Gasteiger partial charge >= 0.3 is 0 Å². The molecule has 0 spiro atoms. The number of nitro groups is 2. The van der Waals surface area contributed by atoms with Gasteiger partial charge in [0, 0.05) is 27.7 Å². The Labute approximate surface area is 219 Å². The van der Waals surface area contributed by atoms with Crippen molar-refractivity contribution in [2.24, 2.45) is 5.16 Å². The van der Waals surface area contributed by atoms with Crippen molar-refractivity contribution >= 4 is 57.7 Å². The highest BCUT2D eigenvalue weighted by Gasteiger charge is 2.48. The molecule has 0 N–H and O–H groups in total. The van der Waals surface area contributed by atoms with Gasteiger partial charge in [-0.15, -0.1) is 0 Å². The molecule has 3 aromatic rings. The number of hydrogen-bond donors (Lipinski definition) is 0. The number of carbonyl (C=O) groups excluding carboxylic acids is 1. The van der Waals surface area contributed by atoms with Crippen molar-refractivity contribution in [3.05, 3.63) is 101 Å². The molecule has 0 aliphatic carbocycles. The van der Waals surface area contributed by atoms with Crippen molar-refractivity contribution in [2.75, 3.05) is 10.0 Å². The van der Waals surface area contributed by atoms with Crippen molar-refractivity contribution in [1.29, 1.82) is 0 Å². The number of fused-ring (bicyclic) bond motifs is 3. The van der Waals surface area contributed by atoms with Crippen LogP contribution in [0.15, 0.2) is 47.6 Å². The summed E-state index contributed by atoms with van der Waals surface area (Å²) >= 11 is 13.1. The molecule has 0 fully saturated rings. The number of halogens is 2. The third-order valence-corrected chi connectivity index (χ3v) is 7.27. The summed E-state index contributed by atoms with van der Waals surface area (Å²) in [6.45, 7) is 5.43. The van der Waals surface area contributed by atoms with Crippen LogP contribution in [-0.4, -0.2) is 26.9 Å². The van der Waals surface area contributed by atoms with E-state index >= 15 is 0 Å². The van der Waals surface area contributed by atoms with E-state index in [0.29, 0.717) is 49.5 Å². The number of hydrogen-bond acceptors (Lipinski definition) is 9. The van der Waals surface area contributed by atoms with Crippen molar-refractivity contribution in [3.8, 4) is 0 Å². The van der Waals surface area contributed by atoms with Crippen LogP contribution in [-0.2, 0) is 4.94 Å². The predicted octanol–water partition coefficient (Wildman–Crippen LogP) is 5.64. The van der Waals surface area contributed by atoms with E-state index in [1.807, 2.05) is 13.8 Å². The highest BCUT2D eigenvalue weighted by molar-refractivity contribution is 6.38. The lowest BCUT2D eigenvalue weighted by Gasteiger charge is -2.25. The molecule has 0 atom stereocenters. The molecule has 0 bridgehead atoms. The molecular weight excluding hydrogens is 527 g/mol. The lowest BCUT2D eigenvalue weighted by molar-refractivity contribution is -0.394. The predicted molar refractivity (Wildman–Crippen MR) is 136 cm³/mol. The standard InChI is InChI=1S/C23H16Cl2N6O6/c1-11-19(12(2)21(25)13(3)20(11)24)22-26-37-31-27(22)17-6-4-5-7-18(17)28(31)23(32)14-8-15(29(33)34)10-16(9-14)30(35)36/h4-10H,1-3H3. The molecule has 0 saturated heterocycles. The number of amides is 1. The molecular formula is C23H16Cl2N6O6. The van der Waals surface area contributed by atoms with Crippen LogP contribution >= 0.6 is 23.2 Å². The lowest BCUT2D eigenvalue weighted by Crippen LogP contribution is -2.49. The zero-order chi connectivity index (χ0) is 26.8. The van der Waals surface area contributed by atoms with Crippen molar-refractivity contribution < 1.29 is 19.6 Å². The first-order valence-electron chi connectivity index (χ1n) is 10.7. The first-order valence-corrected chi connectivity index (χ1v) is 11.5. The monoisotopic (exact) mass is 542 g/mol. The zero-order valence-corrected chi connectivity index (χ0v) is 20.9. The fourth-order valence-corrected chi connectivity index (χ4v) is 4.79. The van der Waals surface area contributed by atoms with Gasteiger partial charge < -0.3 is 0 Å². The number of rotatable bonds is 4. The molecule has 2 aliphatic heterocycles. The molecule has 188 valence electrons. The minimum Gasteiger partial charge on any atom is -0.267 e. The minimum absolute atomic E-state index is 0.289. The smallest absolute Gasteiger partial charge is 0.267 e. The number of para-hydroxylation sites is 2. The van der Waals surface area contributed by atoms with Gasteiger partial charge in [0.2, 0.25) is 5.84 Å². The number of nitrogens with zero attached hydrogens (tertiary/aromatic N) is 6. The van der Waals surface area contributed by atoms with Crippen LogP contribution in [0.4, 0.5) is 22.7 Å². The Morgan fingerprint density at radius 3 is 1.97 bits per heavy atom. The number of benzene rings is 3. The van der Waals surface area contributed by atoms with Crippen LogP contribution in [0.3, 0.4) is 0 Å². The Hall–Kier alpha value is -4.26. The molecule has 2 aliphatic rings. The van der Waals surface area contributed by atoms with Gasteiger partial charge in [-0.05, 0) is 54.8 Å². The quantitative estimate of drug-likeness (QED) is 0.305. The molecule has 0 radical (unpaired) electrons. The van der Waals surface area contributed by atoms with Gasteiger partial charge in [0.15, 0.2) is 0 Å². The van der Waals surface area contributed by atoms with Gasteiger partial charge in [0.1, 0.15) is 0 Å². The second-order valence-electron chi connectivity index (χ2n) is 8.30. The summed E-state index contributed by atoms with van der Waals surface area (Å²) < 4.78 is 0. The summed E-state index contributed by atoms with van der Waals surface area (Å²) in [5.41, 5.74) is 2.06. The van der Waals surface area contributed by atoms with Crippen LogP contribution < -0.4 is 10.0 Å². The molecule has 12 nitrogen and oxygen atoms in total. The van der Waals surface area contributed by atoms with Crippen LogP contribution in [0.25, 0.3) is 0 Å². The van der Waals surface area contributed by atoms with E-state index in [1.54, 1.807) is 31.2 Å². The highest BCUT2D eigenvalue weighted by Crippen LogP contribution is 2.45. The number of carbonyl (C=O) groups is 1. The molecule has 14 heteroatoms. The number of oxime groups is 1. The molecule has 0 unspecified atom stereocenters. The van der Waals surface area contributed by atoms with Gasteiger partial charge in [-0.25, -0.2) is 0 Å². The third-order valence-electron chi connectivity index (χ3n) is 6.14. The molecule has 1 amide bonds. The Bertz CT molecular complexity index is 1510. The Morgan fingerprint density at radius 2 is 1.43 bits per heavy atom. The number of anilines is 2. The molecule has 0 aromatic heterocycles. The first kappa shape index (κ1) is 24.4. The summed E-state index contributed by atoms with van der Waals surface area (Å²) in [4.78, 5) is 40.4. The SMILES string of the molecule is Cc1c(Cl)c(C)c(C2=NON3N(C(=O)c4cc([N+](=O)[O-])cc([N+](=O)[O-])c4)c4ccccc4N23)c(C)c1Cl. The van der Waals surface area contributed by atoms with E-state index in [9.17, 15) is 25.0 Å². The van der Waals surface area contributed by atoms with Gasteiger partial charge in [-0.3, -0.25) is 30.0 Å². The van der Waals surface area contributed by atoms with Crippen molar-refractivity contribution in [2.45, 2.75) is 20.8 Å². The Kier molecular flexibility index (Phi) is 5.74.